The van der Waals surface area contributed by atoms with Crippen molar-refractivity contribution in [2.45, 2.75) is 38.6 Å². The number of rotatable bonds is 7. The Morgan fingerprint density at radius 3 is 2.86 bits per heavy atom. The van der Waals surface area contributed by atoms with Crippen LogP contribution in [0.15, 0.2) is 18.2 Å². The van der Waals surface area contributed by atoms with E-state index in [9.17, 15) is 8.42 Å². The van der Waals surface area contributed by atoms with Gasteiger partial charge in [0.05, 0.1) is 11.5 Å². The van der Waals surface area contributed by atoms with Gasteiger partial charge in [-0.05, 0) is 56.0 Å². The Labute approximate surface area is 127 Å². The fourth-order valence-corrected chi connectivity index (χ4v) is 4.04. The van der Waals surface area contributed by atoms with Gasteiger partial charge in [0.15, 0.2) is 9.84 Å². The van der Waals surface area contributed by atoms with E-state index in [0.29, 0.717) is 12.5 Å². The van der Waals surface area contributed by atoms with Gasteiger partial charge < -0.3 is 10.1 Å². The van der Waals surface area contributed by atoms with Crippen LogP contribution in [0.5, 0.6) is 5.75 Å². The molecule has 0 amide bonds. The zero-order chi connectivity index (χ0) is 15.3. The molecule has 0 radical (unpaired) electrons. The number of sulfone groups is 1. The molecule has 1 aliphatic rings. The van der Waals surface area contributed by atoms with Crippen LogP contribution in [-0.2, 0) is 16.3 Å². The van der Waals surface area contributed by atoms with E-state index in [0.717, 1.165) is 12.2 Å². The molecule has 5 heteroatoms. The van der Waals surface area contributed by atoms with Crippen LogP contribution < -0.4 is 10.1 Å². The van der Waals surface area contributed by atoms with Crippen molar-refractivity contribution in [3.8, 4) is 5.75 Å². The van der Waals surface area contributed by atoms with Crippen LogP contribution in [0.1, 0.15) is 43.4 Å². The SMILES string of the molecule is CCCS(=O)(=O)CCOc1ccc2c(c1)CCCC2NC. The molecule has 1 atom stereocenters. The molecule has 0 aromatic heterocycles. The van der Waals surface area contributed by atoms with Gasteiger partial charge in [-0.3, -0.25) is 0 Å². The largest absolute Gasteiger partial charge is 0.493 e. The molecule has 0 heterocycles. The maximum Gasteiger partial charge on any atom is 0.153 e. The molecule has 1 unspecified atom stereocenters. The molecule has 4 nitrogen and oxygen atoms in total. The third kappa shape index (κ3) is 4.45. The molecule has 1 aromatic carbocycles. The molecule has 2 rings (SSSR count). The van der Waals surface area contributed by atoms with Gasteiger partial charge in [0.25, 0.3) is 0 Å². The number of nitrogens with one attached hydrogen (secondary N) is 1. The van der Waals surface area contributed by atoms with Crippen molar-refractivity contribution < 1.29 is 13.2 Å². The monoisotopic (exact) mass is 311 g/mol. The molecule has 1 aromatic rings. The number of hydrogen-bond donors (Lipinski definition) is 1. The quantitative estimate of drug-likeness (QED) is 0.840. The van der Waals surface area contributed by atoms with Crippen molar-refractivity contribution in [3.63, 3.8) is 0 Å². The summed E-state index contributed by atoms with van der Waals surface area (Å²) in [6, 6.07) is 6.53. The van der Waals surface area contributed by atoms with Gasteiger partial charge in [0.2, 0.25) is 0 Å². The summed E-state index contributed by atoms with van der Waals surface area (Å²) in [6.07, 6.45) is 4.07. The second-order valence-electron chi connectivity index (χ2n) is 5.59. The molecule has 1 aliphatic carbocycles. The van der Waals surface area contributed by atoms with Crippen molar-refractivity contribution in [3.05, 3.63) is 29.3 Å². The highest BCUT2D eigenvalue weighted by atomic mass is 32.2. The number of benzene rings is 1. The zero-order valence-corrected chi connectivity index (χ0v) is 13.7. The lowest BCUT2D eigenvalue weighted by atomic mass is 9.87. The van der Waals surface area contributed by atoms with E-state index in [1.807, 2.05) is 20.0 Å². The third-order valence-corrected chi connectivity index (χ3v) is 5.77. The van der Waals surface area contributed by atoms with Gasteiger partial charge in [0, 0.05) is 6.04 Å². The van der Waals surface area contributed by atoms with Crippen LogP contribution in [0.2, 0.25) is 0 Å². The van der Waals surface area contributed by atoms with E-state index in [1.165, 1.54) is 24.0 Å². The molecule has 0 saturated heterocycles. The first kappa shape index (κ1) is 16.3. The topological polar surface area (TPSA) is 55.4 Å². The summed E-state index contributed by atoms with van der Waals surface area (Å²) < 4.78 is 28.9. The molecular formula is C16H25NO3S. The Morgan fingerprint density at radius 1 is 1.33 bits per heavy atom. The first-order valence-corrected chi connectivity index (χ1v) is 9.51. The normalized spacial score (nSPS) is 18.3. The molecule has 118 valence electrons. The second-order valence-corrected chi connectivity index (χ2v) is 7.90. The minimum atomic E-state index is -2.97. The molecule has 21 heavy (non-hydrogen) atoms. The summed E-state index contributed by atoms with van der Waals surface area (Å²) in [5.74, 6) is 1.11. The van der Waals surface area contributed by atoms with Crippen LogP contribution in [0.4, 0.5) is 0 Å². The number of fused-ring (bicyclic) bond motifs is 1. The molecular weight excluding hydrogens is 286 g/mol. The average molecular weight is 311 g/mol. The highest BCUT2D eigenvalue weighted by Gasteiger charge is 2.19. The highest BCUT2D eigenvalue weighted by Crippen LogP contribution is 2.31. The van der Waals surface area contributed by atoms with E-state index >= 15 is 0 Å². The maximum absolute atomic E-state index is 11.6. The fourth-order valence-electron chi connectivity index (χ4n) is 2.88. The Bertz CT molecular complexity index is 569. The lowest BCUT2D eigenvalue weighted by molar-refractivity contribution is 0.339. The summed E-state index contributed by atoms with van der Waals surface area (Å²) >= 11 is 0. The van der Waals surface area contributed by atoms with E-state index in [-0.39, 0.29) is 18.1 Å². The lowest BCUT2D eigenvalue weighted by Crippen LogP contribution is -2.21. The predicted octanol–water partition coefficient (Wildman–Crippen LogP) is 2.49. The predicted molar refractivity (Wildman–Crippen MR) is 85.6 cm³/mol. The van der Waals surface area contributed by atoms with Crippen LogP contribution >= 0.6 is 0 Å². The van der Waals surface area contributed by atoms with E-state index in [4.69, 9.17) is 4.74 Å². The standard InChI is InChI=1S/C16H25NO3S/c1-3-10-21(18,19)11-9-20-14-7-8-15-13(12-14)5-4-6-16(15)17-2/h7-8,12,16-17H,3-6,9-11H2,1-2H3. The van der Waals surface area contributed by atoms with Crippen LogP contribution in [0.3, 0.4) is 0 Å². The summed E-state index contributed by atoms with van der Waals surface area (Å²) in [4.78, 5) is 0. The summed E-state index contributed by atoms with van der Waals surface area (Å²) in [7, 11) is -0.978. The van der Waals surface area contributed by atoms with Crippen molar-refractivity contribution >= 4 is 9.84 Å². The van der Waals surface area contributed by atoms with Gasteiger partial charge in [-0.2, -0.15) is 0 Å². The number of hydrogen-bond acceptors (Lipinski definition) is 4. The van der Waals surface area contributed by atoms with Gasteiger partial charge >= 0.3 is 0 Å². The molecule has 0 spiro atoms. The van der Waals surface area contributed by atoms with Gasteiger partial charge in [-0.25, -0.2) is 8.42 Å². The zero-order valence-electron chi connectivity index (χ0n) is 12.9. The van der Waals surface area contributed by atoms with Gasteiger partial charge in [0.1, 0.15) is 12.4 Å². The molecule has 0 aliphatic heterocycles. The minimum Gasteiger partial charge on any atom is -0.493 e. The molecule has 0 saturated carbocycles. The number of aryl methyl sites for hydroxylation is 1. The average Bonchev–Trinajstić information content (AvgIpc) is 2.46. The Balaban J connectivity index is 1.96. The second kappa shape index (κ2) is 7.27. The van der Waals surface area contributed by atoms with E-state index in [1.54, 1.807) is 0 Å². The smallest absolute Gasteiger partial charge is 0.153 e. The Hall–Kier alpha value is -1.07. The number of ether oxygens (including phenoxy) is 1. The van der Waals surface area contributed by atoms with Gasteiger partial charge in [-0.1, -0.05) is 13.0 Å². The molecule has 0 bridgehead atoms. The summed E-state index contributed by atoms with van der Waals surface area (Å²) in [5.41, 5.74) is 2.66. The van der Waals surface area contributed by atoms with E-state index < -0.39 is 9.84 Å². The fraction of sp³-hybridized carbons (Fsp3) is 0.625. The Kier molecular flexibility index (Phi) is 5.65. The van der Waals surface area contributed by atoms with E-state index in [2.05, 4.69) is 17.4 Å². The Morgan fingerprint density at radius 2 is 2.14 bits per heavy atom. The van der Waals surface area contributed by atoms with Crippen molar-refractivity contribution in [1.29, 1.82) is 0 Å². The highest BCUT2D eigenvalue weighted by molar-refractivity contribution is 7.91. The third-order valence-electron chi connectivity index (χ3n) is 3.96. The van der Waals surface area contributed by atoms with Crippen molar-refractivity contribution in [1.82, 2.24) is 5.32 Å². The van der Waals surface area contributed by atoms with Crippen LogP contribution in [-0.4, -0.2) is 33.6 Å². The maximum atomic E-state index is 11.6. The van der Waals surface area contributed by atoms with Crippen molar-refractivity contribution in [2.75, 3.05) is 25.2 Å². The first-order chi connectivity index (χ1) is 10.1. The van der Waals surface area contributed by atoms with Gasteiger partial charge in [-0.15, -0.1) is 0 Å². The summed E-state index contributed by atoms with van der Waals surface area (Å²) in [6.45, 7) is 2.11. The van der Waals surface area contributed by atoms with Crippen LogP contribution in [0, 0.1) is 0 Å². The van der Waals surface area contributed by atoms with Crippen LogP contribution in [0.25, 0.3) is 0 Å². The van der Waals surface area contributed by atoms with Crippen molar-refractivity contribution in [2.24, 2.45) is 0 Å². The summed E-state index contributed by atoms with van der Waals surface area (Å²) in [5, 5.41) is 3.34. The first-order valence-electron chi connectivity index (χ1n) is 7.69. The molecule has 1 N–H and O–H groups in total. The minimum absolute atomic E-state index is 0.0943. The lowest BCUT2D eigenvalue weighted by Gasteiger charge is -2.25. The molecule has 0 fully saturated rings.